The number of thioether (sulfide) groups is 1. The summed E-state index contributed by atoms with van der Waals surface area (Å²) in [5, 5.41) is 3.21. The van der Waals surface area contributed by atoms with E-state index in [1.807, 2.05) is 97.1 Å². The zero-order valence-corrected chi connectivity index (χ0v) is 31.1. The van der Waals surface area contributed by atoms with Crippen molar-refractivity contribution in [1.82, 2.24) is 10.2 Å². The van der Waals surface area contributed by atoms with Crippen LogP contribution in [0.2, 0.25) is 0 Å². The predicted molar refractivity (Wildman–Crippen MR) is 215 cm³/mol. The summed E-state index contributed by atoms with van der Waals surface area (Å²) in [5.41, 5.74) is 4.65. The molecule has 1 N–H and O–H groups in total. The number of carbonyl (C=O) groups excluding carboxylic acids is 3. The van der Waals surface area contributed by atoms with Crippen molar-refractivity contribution in [1.29, 1.82) is 0 Å². The SMILES string of the molecule is C=C/C=C\C(=C/C)N1C(=O)/C(=C/c2cc(Br)c(OCc3ccccc3)c(CC=C)c2)C(=O)N=C1SCC(=O)NC(c1ccccc1)c1ccccc1. The van der Waals surface area contributed by atoms with Crippen LogP contribution in [-0.2, 0) is 27.4 Å². The lowest BCUT2D eigenvalue weighted by molar-refractivity contribution is -0.126. The second-order valence-corrected chi connectivity index (χ2v) is 13.4. The van der Waals surface area contributed by atoms with E-state index in [2.05, 4.69) is 39.4 Å². The van der Waals surface area contributed by atoms with Crippen LogP contribution in [0.5, 0.6) is 5.75 Å². The highest BCUT2D eigenvalue weighted by molar-refractivity contribution is 9.10. The standard InChI is InChI=1S/C43H38BrN3O4S/c1-4-7-24-35(6-3)47-42(50)36(26-31-25-34(17-5-2)40(37(44)27-31)51-28-30-18-11-8-12-19-30)41(49)46-43(47)52-29-38(48)45-39(32-20-13-9-14-21-32)33-22-15-10-16-23-33/h4-16,18-27,39H,1-2,17,28-29H2,3H3,(H,45,48)/b24-7-,35-6+,36-26+. The molecule has 0 atom stereocenters. The third-order valence-corrected chi connectivity index (χ3v) is 9.48. The van der Waals surface area contributed by atoms with Crippen LogP contribution in [0.4, 0.5) is 0 Å². The lowest BCUT2D eigenvalue weighted by Crippen LogP contribution is -2.42. The summed E-state index contributed by atoms with van der Waals surface area (Å²) < 4.78 is 6.86. The van der Waals surface area contributed by atoms with Crippen molar-refractivity contribution < 1.29 is 19.1 Å². The van der Waals surface area contributed by atoms with Crippen molar-refractivity contribution in [2.75, 3.05) is 5.75 Å². The summed E-state index contributed by atoms with van der Waals surface area (Å²) in [5.74, 6) is -0.998. The lowest BCUT2D eigenvalue weighted by atomic mass is 9.99. The van der Waals surface area contributed by atoms with Crippen molar-refractivity contribution in [2.45, 2.75) is 26.0 Å². The normalized spacial score (nSPS) is 14.1. The number of hydrogen-bond donors (Lipinski definition) is 1. The zero-order valence-electron chi connectivity index (χ0n) is 28.7. The van der Waals surface area contributed by atoms with Gasteiger partial charge in [0, 0.05) is 5.70 Å². The molecule has 0 aliphatic carbocycles. The summed E-state index contributed by atoms with van der Waals surface area (Å²) in [6, 6.07) is 32.5. The maximum absolute atomic E-state index is 14.2. The summed E-state index contributed by atoms with van der Waals surface area (Å²) in [4.78, 5) is 46.9. The number of ether oxygens (including phenoxy) is 1. The lowest BCUT2D eigenvalue weighted by Gasteiger charge is -2.28. The van der Waals surface area contributed by atoms with E-state index in [-0.39, 0.29) is 28.4 Å². The highest BCUT2D eigenvalue weighted by atomic mass is 79.9. The van der Waals surface area contributed by atoms with Gasteiger partial charge in [-0.2, -0.15) is 4.99 Å². The molecule has 1 aliphatic heterocycles. The summed E-state index contributed by atoms with van der Waals surface area (Å²) in [6.45, 7) is 9.79. The summed E-state index contributed by atoms with van der Waals surface area (Å²) in [6.07, 6.45) is 10.5. The van der Waals surface area contributed by atoms with Gasteiger partial charge in [-0.1, -0.05) is 134 Å². The first-order chi connectivity index (χ1) is 25.3. The number of carbonyl (C=O) groups is 3. The van der Waals surface area contributed by atoms with Gasteiger partial charge < -0.3 is 10.1 Å². The van der Waals surface area contributed by atoms with E-state index in [0.29, 0.717) is 34.5 Å². The number of benzene rings is 4. The van der Waals surface area contributed by atoms with Crippen molar-refractivity contribution in [2.24, 2.45) is 4.99 Å². The average molecular weight is 773 g/mol. The van der Waals surface area contributed by atoms with Crippen LogP contribution in [0.1, 0.15) is 40.8 Å². The van der Waals surface area contributed by atoms with E-state index < -0.39 is 11.8 Å². The molecular formula is C43H38BrN3O4S. The van der Waals surface area contributed by atoms with E-state index in [1.165, 1.54) is 11.0 Å². The van der Waals surface area contributed by atoms with Crippen molar-refractivity contribution >= 4 is 56.7 Å². The number of halogens is 1. The number of rotatable bonds is 14. The van der Waals surface area contributed by atoms with Crippen molar-refractivity contribution in [3.05, 3.63) is 190 Å². The molecule has 262 valence electrons. The minimum atomic E-state index is -0.704. The van der Waals surface area contributed by atoms with Gasteiger partial charge in [-0.3, -0.25) is 19.3 Å². The molecule has 0 unspecified atom stereocenters. The Morgan fingerprint density at radius 3 is 2.19 bits per heavy atom. The van der Waals surface area contributed by atoms with Crippen LogP contribution < -0.4 is 10.1 Å². The zero-order chi connectivity index (χ0) is 36.9. The molecule has 5 rings (SSSR count). The van der Waals surface area contributed by atoms with Gasteiger partial charge >= 0.3 is 0 Å². The van der Waals surface area contributed by atoms with Crippen LogP contribution in [0, 0.1) is 0 Å². The maximum atomic E-state index is 14.2. The average Bonchev–Trinajstić information content (AvgIpc) is 3.16. The van der Waals surface area contributed by atoms with Gasteiger partial charge in [-0.15, -0.1) is 6.58 Å². The molecule has 0 saturated heterocycles. The van der Waals surface area contributed by atoms with Gasteiger partial charge in [0.25, 0.3) is 11.8 Å². The Hall–Kier alpha value is -5.51. The molecule has 9 heteroatoms. The predicted octanol–water partition coefficient (Wildman–Crippen LogP) is 9.15. The largest absolute Gasteiger partial charge is 0.487 e. The molecule has 7 nitrogen and oxygen atoms in total. The Kier molecular flexibility index (Phi) is 13.5. The highest BCUT2D eigenvalue weighted by Gasteiger charge is 2.35. The topological polar surface area (TPSA) is 88.1 Å². The van der Waals surface area contributed by atoms with Gasteiger partial charge in [0.2, 0.25) is 5.91 Å². The number of nitrogens with one attached hydrogen (secondary N) is 1. The number of aliphatic imine (C=N–C) groups is 1. The van der Waals surface area contributed by atoms with Crippen molar-refractivity contribution in [3.8, 4) is 5.75 Å². The molecule has 1 heterocycles. The maximum Gasteiger partial charge on any atom is 0.285 e. The molecule has 3 amide bonds. The van der Waals surface area contributed by atoms with E-state index in [4.69, 9.17) is 4.74 Å². The van der Waals surface area contributed by atoms with E-state index >= 15 is 0 Å². The van der Waals surface area contributed by atoms with Gasteiger partial charge in [0.15, 0.2) is 5.17 Å². The van der Waals surface area contributed by atoms with E-state index in [0.717, 1.165) is 34.0 Å². The molecule has 0 spiro atoms. The fraction of sp³-hybridized carbons (Fsp3) is 0.116. The summed E-state index contributed by atoms with van der Waals surface area (Å²) in [7, 11) is 0. The Balaban J connectivity index is 1.42. The van der Waals surface area contributed by atoms with Crippen LogP contribution in [0.3, 0.4) is 0 Å². The first kappa shape index (κ1) is 37.7. The molecule has 52 heavy (non-hydrogen) atoms. The minimum Gasteiger partial charge on any atom is -0.487 e. The quantitative estimate of drug-likeness (QED) is 0.0598. The molecule has 0 bridgehead atoms. The highest BCUT2D eigenvalue weighted by Crippen LogP contribution is 2.34. The van der Waals surface area contributed by atoms with E-state index in [9.17, 15) is 14.4 Å². The first-order valence-electron chi connectivity index (χ1n) is 16.6. The van der Waals surface area contributed by atoms with Crippen LogP contribution in [0.25, 0.3) is 6.08 Å². The molecular weight excluding hydrogens is 734 g/mol. The fourth-order valence-corrected chi connectivity index (χ4v) is 6.96. The Labute approximate surface area is 317 Å². The molecule has 0 radical (unpaired) electrons. The van der Waals surface area contributed by atoms with Gasteiger partial charge in [0.1, 0.15) is 17.9 Å². The Morgan fingerprint density at radius 1 is 0.962 bits per heavy atom. The Morgan fingerprint density at radius 2 is 1.60 bits per heavy atom. The molecule has 0 saturated carbocycles. The number of hydrogen-bond acceptors (Lipinski definition) is 5. The van der Waals surface area contributed by atoms with Gasteiger partial charge in [-0.05, 0) is 81.4 Å². The monoisotopic (exact) mass is 771 g/mol. The first-order valence-corrected chi connectivity index (χ1v) is 18.4. The third-order valence-electron chi connectivity index (χ3n) is 7.96. The smallest absolute Gasteiger partial charge is 0.285 e. The number of allylic oxidation sites excluding steroid dienone is 5. The van der Waals surface area contributed by atoms with E-state index in [1.54, 1.807) is 43.4 Å². The second kappa shape index (κ2) is 18.6. The van der Waals surface area contributed by atoms with Crippen molar-refractivity contribution in [3.63, 3.8) is 0 Å². The van der Waals surface area contributed by atoms with Crippen LogP contribution in [-0.4, -0.2) is 33.5 Å². The van der Waals surface area contributed by atoms with Crippen LogP contribution in [0.15, 0.2) is 167 Å². The molecule has 4 aromatic rings. The Bertz CT molecular complexity index is 2020. The van der Waals surface area contributed by atoms with Crippen LogP contribution >= 0.6 is 27.7 Å². The third kappa shape index (κ3) is 9.63. The number of amidine groups is 1. The molecule has 0 aromatic heterocycles. The number of nitrogens with zero attached hydrogens (tertiary/aromatic N) is 2. The second-order valence-electron chi connectivity index (χ2n) is 11.6. The molecule has 4 aromatic carbocycles. The number of amides is 3. The molecule has 1 aliphatic rings. The minimum absolute atomic E-state index is 0.0877. The molecule has 0 fully saturated rings. The van der Waals surface area contributed by atoms with Gasteiger partial charge in [-0.25, -0.2) is 0 Å². The van der Waals surface area contributed by atoms with Gasteiger partial charge in [0.05, 0.1) is 16.3 Å². The summed E-state index contributed by atoms with van der Waals surface area (Å²) >= 11 is 4.65. The fourth-order valence-electron chi connectivity index (χ4n) is 5.52.